The van der Waals surface area contributed by atoms with Gasteiger partial charge in [0, 0.05) is 26.1 Å². The number of amides is 1. The largest absolute Gasteiger partial charge is 0.344 e. The second-order valence-corrected chi connectivity index (χ2v) is 6.59. The summed E-state index contributed by atoms with van der Waals surface area (Å²) in [4.78, 5) is 27.9. The maximum Gasteiger partial charge on any atom is 0.256 e. The number of nitrogens with one attached hydrogen (secondary N) is 1. The number of aromatic amines is 1. The van der Waals surface area contributed by atoms with E-state index in [-0.39, 0.29) is 11.9 Å². The molecule has 4 rings (SSSR count). The van der Waals surface area contributed by atoms with Crippen LogP contribution in [0.3, 0.4) is 0 Å². The number of likely N-dealkylation sites (tertiary alicyclic amines) is 1. The number of halogens is 1. The Morgan fingerprint density at radius 2 is 2.35 bits per heavy atom. The van der Waals surface area contributed by atoms with Gasteiger partial charge in [0.2, 0.25) is 5.89 Å². The highest BCUT2D eigenvalue weighted by Crippen LogP contribution is 2.23. The molecule has 1 N–H and O–H groups in total. The molecule has 1 fully saturated rings. The van der Waals surface area contributed by atoms with Gasteiger partial charge in [0.05, 0.1) is 24.0 Å². The first-order valence-electron chi connectivity index (χ1n) is 8.42. The molecule has 0 radical (unpaired) electrons. The van der Waals surface area contributed by atoms with Gasteiger partial charge in [-0.1, -0.05) is 5.16 Å². The molecule has 8 nitrogen and oxygen atoms in total. The van der Waals surface area contributed by atoms with E-state index in [0.717, 1.165) is 6.42 Å². The van der Waals surface area contributed by atoms with Crippen molar-refractivity contribution < 1.29 is 13.7 Å². The number of likely N-dealkylation sites (N-methyl/N-ethyl adjacent to an activating group) is 1. The van der Waals surface area contributed by atoms with E-state index >= 15 is 0 Å². The van der Waals surface area contributed by atoms with Gasteiger partial charge in [-0.2, -0.15) is 4.98 Å². The smallest absolute Gasteiger partial charge is 0.256 e. The first-order valence-corrected chi connectivity index (χ1v) is 8.42. The standard InChI is InChI=1S/C17H19FN6O2/c1-10-21-15(22-26-10)8-23(2)12-3-4-24(7-12)17(25)13-5-11(18)6-14-16(13)20-9-19-14/h5-6,9,12H,3-4,7-8H2,1-2H3,(H,19,20). The number of H-pyrrole nitrogens is 1. The molecule has 1 saturated heterocycles. The van der Waals surface area contributed by atoms with Gasteiger partial charge < -0.3 is 14.4 Å². The number of benzene rings is 1. The van der Waals surface area contributed by atoms with E-state index in [2.05, 4.69) is 25.0 Å². The minimum atomic E-state index is -0.453. The predicted octanol–water partition coefficient (Wildman–Crippen LogP) is 1.74. The Hall–Kier alpha value is -2.81. The third kappa shape index (κ3) is 3.05. The summed E-state index contributed by atoms with van der Waals surface area (Å²) in [7, 11) is 1.97. The molecular weight excluding hydrogens is 339 g/mol. The van der Waals surface area contributed by atoms with Crippen molar-refractivity contribution in [3.63, 3.8) is 0 Å². The summed E-state index contributed by atoms with van der Waals surface area (Å²) in [6, 6.07) is 2.78. The molecule has 0 saturated carbocycles. The third-order valence-electron chi connectivity index (χ3n) is 4.75. The van der Waals surface area contributed by atoms with E-state index in [4.69, 9.17) is 4.52 Å². The highest BCUT2D eigenvalue weighted by Gasteiger charge is 2.31. The van der Waals surface area contributed by atoms with Crippen molar-refractivity contribution in [3.8, 4) is 0 Å². The second-order valence-electron chi connectivity index (χ2n) is 6.59. The normalized spacial score (nSPS) is 17.5. The maximum absolute atomic E-state index is 13.8. The maximum atomic E-state index is 13.8. The van der Waals surface area contributed by atoms with Gasteiger partial charge in [0.15, 0.2) is 5.82 Å². The molecule has 1 unspecified atom stereocenters. The monoisotopic (exact) mass is 358 g/mol. The topological polar surface area (TPSA) is 91.2 Å². The molecule has 1 amide bonds. The first kappa shape index (κ1) is 16.6. The zero-order valence-corrected chi connectivity index (χ0v) is 14.6. The molecule has 26 heavy (non-hydrogen) atoms. The summed E-state index contributed by atoms with van der Waals surface area (Å²) in [5, 5.41) is 3.91. The van der Waals surface area contributed by atoms with E-state index in [0.29, 0.717) is 47.9 Å². The number of rotatable bonds is 4. The first-order chi connectivity index (χ1) is 12.5. The van der Waals surface area contributed by atoms with E-state index in [1.54, 1.807) is 11.8 Å². The van der Waals surface area contributed by atoms with Crippen molar-refractivity contribution in [1.29, 1.82) is 0 Å². The number of fused-ring (bicyclic) bond motifs is 1. The summed E-state index contributed by atoms with van der Waals surface area (Å²) >= 11 is 0. The van der Waals surface area contributed by atoms with Crippen LogP contribution in [0.4, 0.5) is 4.39 Å². The Morgan fingerprint density at radius 3 is 3.12 bits per heavy atom. The minimum Gasteiger partial charge on any atom is -0.344 e. The van der Waals surface area contributed by atoms with Gasteiger partial charge in [-0.15, -0.1) is 0 Å². The van der Waals surface area contributed by atoms with Gasteiger partial charge in [0.1, 0.15) is 11.3 Å². The molecule has 0 spiro atoms. The molecule has 3 aromatic rings. The minimum absolute atomic E-state index is 0.181. The van der Waals surface area contributed by atoms with Gasteiger partial charge >= 0.3 is 0 Å². The Labute approximate surface area is 149 Å². The van der Waals surface area contributed by atoms with Crippen LogP contribution in [0.15, 0.2) is 23.0 Å². The molecule has 0 aliphatic carbocycles. The molecule has 1 aliphatic heterocycles. The molecule has 9 heteroatoms. The zero-order chi connectivity index (χ0) is 18.3. The highest BCUT2D eigenvalue weighted by molar-refractivity contribution is 6.04. The lowest BCUT2D eigenvalue weighted by Gasteiger charge is -2.23. The average molecular weight is 358 g/mol. The molecule has 1 aromatic carbocycles. The van der Waals surface area contributed by atoms with Crippen LogP contribution in [-0.4, -0.2) is 62.0 Å². The van der Waals surface area contributed by atoms with Crippen molar-refractivity contribution in [2.45, 2.75) is 25.9 Å². The Balaban J connectivity index is 1.47. The number of aryl methyl sites for hydroxylation is 1. The van der Waals surface area contributed by atoms with Crippen molar-refractivity contribution in [3.05, 3.63) is 41.6 Å². The molecule has 1 atom stereocenters. The molecule has 2 aromatic heterocycles. The van der Waals surface area contributed by atoms with Crippen molar-refractivity contribution in [2.75, 3.05) is 20.1 Å². The SMILES string of the molecule is Cc1nc(CN(C)C2CCN(C(=O)c3cc(F)cc4[nH]cnc34)C2)no1. The van der Waals surface area contributed by atoms with Crippen LogP contribution in [0, 0.1) is 12.7 Å². The van der Waals surface area contributed by atoms with Gasteiger partial charge in [0.25, 0.3) is 5.91 Å². The van der Waals surface area contributed by atoms with Crippen LogP contribution in [0.25, 0.3) is 11.0 Å². The molecule has 3 heterocycles. The van der Waals surface area contributed by atoms with Crippen molar-refractivity contribution in [1.82, 2.24) is 29.9 Å². The van der Waals surface area contributed by atoms with Crippen LogP contribution in [-0.2, 0) is 6.54 Å². The number of imidazole rings is 1. The number of carbonyl (C=O) groups is 1. The zero-order valence-electron chi connectivity index (χ0n) is 14.6. The lowest BCUT2D eigenvalue weighted by molar-refractivity contribution is 0.0780. The number of aromatic nitrogens is 4. The Bertz CT molecular complexity index is 952. The van der Waals surface area contributed by atoms with E-state index in [1.807, 2.05) is 7.05 Å². The number of hydrogen-bond acceptors (Lipinski definition) is 6. The van der Waals surface area contributed by atoms with E-state index in [9.17, 15) is 9.18 Å². The van der Waals surface area contributed by atoms with Gasteiger partial charge in [-0.25, -0.2) is 9.37 Å². The number of nitrogens with zero attached hydrogens (tertiary/aromatic N) is 5. The van der Waals surface area contributed by atoms with Crippen LogP contribution in [0.2, 0.25) is 0 Å². The summed E-state index contributed by atoms with van der Waals surface area (Å²) in [6.07, 6.45) is 2.30. The molecule has 1 aliphatic rings. The van der Waals surface area contributed by atoms with Crippen LogP contribution in [0.5, 0.6) is 0 Å². The van der Waals surface area contributed by atoms with E-state index < -0.39 is 5.82 Å². The highest BCUT2D eigenvalue weighted by atomic mass is 19.1. The number of hydrogen-bond donors (Lipinski definition) is 1. The lowest BCUT2D eigenvalue weighted by Crippen LogP contribution is -2.36. The summed E-state index contributed by atoms with van der Waals surface area (Å²) in [5.74, 6) is 0.502. The van der Waals surface area contributed by atoms with Crippen LogP contribution < -0.4 is 0 Å². The fraction of sp³-hybridized carbons (Fsp3) is 0.412. The third-order valence-corrected chi connectivity index (χ3v) is 4.75. The summed E-state index contributed by atoms with van der Waals surface area (Å²) < 4.78 is 18.8. The quantitative estimate of drug-likeness (QED) is 0.764. The second kappa shape index (κ2) is 6.49. The average Bonchev–Trinajstić information content (AvgIpc) is 3.33. The van der Waals surface area contributed by atoms with Gasteiger partial charge in [-0.3, -0.25) is 9.69 Å². The number of carbonyl (C=O) groups excluding carboxylic acids is 1. The van der Waals surface area contributed by atoms with Crippen molar-refractivity contribution in [2.24, 2.45) is 0 Å². The Kier molecular flexibility index (Phi) is 4.15. The van der Waals surface area contributed by atoms with Gasteiger partial charge in [-0.05, 0) is 25.6 Å². The molecule has 0 bridgehead atoms. The lowest BCUT2D eigenvalue weighted by atomic mass is 10.1. The fourth-order valence-corrected chi connectivity index (χ4v) is 3.39. The molecular formula is C17H19FN6O2. The van der Waals surface area contributed by atoms with Crippen LogP contribution >= 0.6 is 0 Å². The van der Waals surface area contributed by atoms with Crippen LogP contribution in [0.1, 0.15) is 28.5 Å². The fourth-order valence-electron chi connectivity index (χ4n) is 3.39. The summed E-state index contributed by atoms with van der Waals surface area (Å²) in [6.45, 7) is 3.48. The van der Waals surface area contributed by atoms with Crippen molar-refractivity contribution >= 4 is 16.9 Å². The Morgan fingerprint density at radius 1 is 1.50 bits per heavy atom. The molecule has 136 valence electrons. The van der Waals surface area contributed by atoms with E-state index in [1.165, 1.54) is 18.5 Å². The predicted molar refractivity (Wildman–Crippen MR) is 90.9 cm³/mol. The summed E-state index contributed by atoms with van der Waals surface area (Å²) in [5.41, 5.74) is 1.31.